The van der Waals surface area contributed by atoms with Crippen LogP contribution in [-0.4, -0.2) is 41.7 Å². The van der Waals surface area contributed by atoms with Crippen LogP contribution < -0.4 is 4.90 Å². The summed E-state index contributed by atoms with van der Waals surface area (Å²) in [4.78, 5) is 24.7. The fourth-order valence-corrected chi connectivity index (χ4v) is 7.78. The predicted molar refractivity (Wildman–Crippen MR) is 152 cm³/mol. The molecule has 1 aliphatic heterocycles. The van der Waals surface area contributed by atoms with Crippen LogP contribution in [0.4, 0.5) is 5.13 Å². The molecule has 2 atom stereocenters. The number of hydrogen-bond donors (Lipinski definition) is 0. The van der Waals surface area contributed by atoms with Crippen LogP contribution in [0.3, 0.4) is 0 Å². The zero-order valence-electron chi connectivity index (χ0n) is 22.1. The van der Waals surface area contributed by atoms with Gasteiger partial charge in [-0.15, -0.1) is 0 Å². The standard InChI is InChI=1S/C29H32N4O3S2/c1-19-12-20(2)17-32(16-19)38(35,36)25-9-7-24(8-10-25)28(34)33(18-23-6-5-11-30-15-23)29-31-26-13-21(3)22(4)14-27(26)37-29/h5-11,13-15,19-20H,12,16-18H2,1-4H3. The molecular formula is C29H32N4O3S2. The normalized spacial score (nSPS) is 18.5. The second-order valence-electron chi connectivity index (χ2n) is 10.4. The van der Waals surface area contributed by atoms with Gasteiger partial charge in [0.25, 0.3) is 5.91 Å². The third-order valence-electron chi connectivity index (χ3n) is 7.11. The molecule has 1 fully saturated rings. The van der Waals surface area contributed by atoms with Crippen molar-refractivity contribution in [2.75, 3.05) is 18.0 Å². The molecule has 0 saturated carbocycles. The Balaban J connectivity index is 1.46. The van der Waals surface area contributed by atoms with Crippen LogP contribution in [0.1, 0.15) is 47.3 Å². The third kappa shape index (κ3) is 5.36. The van der Waals surface area contributed by atoms with Crippen LogP contribution in [0.5, 0.6) is 0 Å². The largest absolute Gasteiger partial charge is 0.279 e. The number of benzene rings is 2. The molecule has 198 valence electrons. The monoisotopic (exact) mass is 548 g/mol. The molecule has 1 amide bonds. The number of nitrogens with zero attached hydrogens (tertiary/aromatic N) is 4. The molecule has 0 aliphatic carbocycles. The van der Waals surface area contributed by atoms with Gasteiger partial charge < -0.3 is 0 Å². The molecule has 0 N–H and O–H groups in total. The van der Waals surface area contributed by atoms with Gasteiger partial charge in [-0.3, -0.25) is 14.7 Å². The lowest BCUT2D eigenvalue weighted by Crippen LogP contribution is -2.42. The highest BCUT2D eigenvalue weighted by Crippen LogP contribution is 2.33. The first-order valence-electron chi connectivity index (χ1n) is 12.8. The fourth-order valence-electron chi connectivity index (χ4n) is 5.06. The SMILES string of the molecule is Cc1cc2nc(N(Cc3cccnc3)C(=O)c3ccc(S(=O)(=O)N4CC(C)CC(C)C4)cc3)sc2cc1C. The average Bonchev–Trinajstić information content (AvgIpc) is 3.29. The number of rotatable bonds is 6. The number of carbonyl (C=O) groups excluding carboxylic acids is 1. The van der Waals surface area contributed by atoms with E-state index < -0.39 is 10.0 Å². The highest BCUT2D eigenvalue weighted by Gasteiger charge is 2.32. The fraction of sp³-hybridized carbons (Fsp3) is 0.345. The lowest BCUT2D eigenvalue weighted by Gasteiger charge is -2.34. The molecule has 0 bridgehead atoms. The smallest absolute Gasteiger partial charge is 0.260 e. The Kier molecular flexibility index (Phi) is 7.35. The molecule has 4 aromatic rings. The van der Waals surface area contributed by atoms with E-state index in [4.69, 9.17) is 4.98 Å². The number of sulfonamides is 1. The molecule has 1 aliphatic rings. The number of pyridine rings is 1. The quantitative estimate of drug-likeness (QED) is 0.303. The van der Waals surface area contributed by atoms with Crippen molar-refractivity contribution < 1.29 is 13.2 Å². The van der Waals surface area contributed by atoms with Gasteiger partial charge in [-0.2, -0.15) is 4.31 Å². The maximum atomic E-state index is 13.8. The Bertz CT molecular complexity index is 1520. The minimum Gasteiger partial charge on any atom is -0.279 e. The number of amides is 1. The summed E-state index contributed by atoms with van der Waals surface area (Å²) in [5, 5.41) is 0.590. The first kappa shape index (κ1) is 26.5. The number of hydrogen-bond acceptors (Lipinski definition) is 6. The minimum atomic E-state index is -3.63. The van der Waals surface area contributed by atoms with Crippen molar-refractivity contribution in [1.29, 1.82) is 0 Å². The van der Waals surface area contributed by atoms with Gasteiger partial charge in [-0.25, -0.2) is 13.4 Å². The van der Waals surface area contributed by atoms with Crippen molar-refractivity contribution in [2.24, 2.45) is 11.8 Å². The van der Waals surface area contributed by atoms with Crippen LogP contribution in [0.15, 0.2) is 65.8 Å². The van der Waals surface area contributed by atoms with Crippen LogP contribution in [0.2, 0.25) is 0 Å². The molecule has 2 aromatic heterocycles. The van der Waals surface area contributed by atoms with E-state index >= 15 is 0 Å². The molecule has 0 spiro atoms. The van der Waals surface area contributed by atoms with E-state index in [0.717, 1.165) is 27.8 Å². The average molecular weight is 549 g/mol. The molecule has 5 rings (SSSR count). The summed E-state index contributed by atoms with van der Waals surface area (Å²) < 4.78 is 29.2. The summed E-state index contributed by atoms with van der Waals surface area (Å²) in [7, 11) is -3.63. The Morgan fingerprint density at radius 2 is 1.74 bits per heavy atom. The number of piperidine rings is 1. The van der Waals surface area contributed by atoms with E-state index in [9.17, 15) is 13.2 Å². The third-order valence-corrected chi connectivity index (χ3v) is 9.99. The molecule has 0 radical (unpaired) electrons. The Labute approximate surface area is 228 Å². The lowest BCUT2D eigenvalue weighted by molar-refractivity contribution is 0.0985. The van der Waals surface area contributed by atoms with Crippen molar-refractivity contribution in [1.82, 2.24) is 14.3 Å². The van der Waals surface area contributed by atoms with Crippen LogP contribution in [0, 0.1) is 25.7 Å². The van der Waals surface area contributed by atoms with Gasteiger partial charge in [0.2, 0.25) is 10.0 Å². The van der Waals surface area contributed by atoms with Gasteiger partial charge in [0.1, 0.15) is 0 Å². The van der Waals surface area contributed by atoms with Crippen LogP contribution >= 0.6 is 11.3 Å². The highest BCUT2D eigenvalue weighted by atomic mass is 32.2. The Morgan fingerprint density at radius 3 is 2.39 bits per heavy atom. The van der Waals surface area contributed by atoms with E-state index in [-0.39, 0.29) is 10.8 Å². The summed E-state index contributed by atoms with van der Waals surface area (Å²) in [5.74, 6) is 0.388. The number of carbonyl (C=O) groups is 1. The topological polar surface area (TPSA) is 83.5 Å². The van der Waals surface area contributed by atoms with Gasteiger partial charge in [0.05, 0.1) is 21.7 Å². The number of thiazole rings is 1. The maximum Gasteiger partial charge on any atom is 0.260 e. The number of aryl methyl sites for hydroxylation is 2. The maximum absolute atomic E-state index is 13.8. The van der Waals surface area contributed by atoms with Gasteiger partial charge in [0.15, 0.2) is 5.13 Å². The van der Waals surface area contributed by atoms with Crippen molar-refractivity contribution in [3.05, 3.63) is 83.2 Å². The van der Waals surface area contributed by atoms with Gasteiger partial charge in [-0.05, 0) is 91.3 Å². The first-order chi connectivity index (χ1) is 18.1. The summed E-state index contributed by atoms with van der Waals surface area (Å²) in [6, 6.07) is 14.2. The van der Waals surface area contributed by atoms with Gasteiger partial charge >= 0.3 is 0 Å². The molecule has 1 saturated heterocycles. The zero-order valence-corrected chi connectivity index (χ0v) is 23.7. The van der Waals surface area contributed by atoms with Crippen molar-refractivity contribution in [3.63, 3.8) is 0 Å². The first-order valence-corrected chi connectivity index (χ1v) is 15.1. The molecule has 38 heavy (non-hydrogen) atoms. The molecule has 7 nitrogen and oxygen atoms in total. The summed E-state index contributed by atoms with van der Waals surface area (Å²) in [6.45, 7) is 9.61. The molecular weight excluding hydrogens is 516 g/mol. The van der Waals surface area contributed by atoms with E-state index in [2.05, 4.69) is 31.8 Å². The summed E-state index contributed by atoms with van der Waals surface area (Å²) >= 11 is 1.47. The second-order valence-corrected chi connectivity index (χ2v) is 13.4. The molecule has 2 unspecified atom stereocenters. The number of fused-ring (bicyclic) bond motifs is 1. The molecule has 3 heterocycles. The predicted octanol–water partition coefficient (Wildman–Crippen LogP) is 5.82. The molecule has 2 aromatic carbocycles. The van der Waals surface area contributed by atoms with Crippen LogP contribution in [0.25, 0.3) is 10.2 Å². The van der Waals surface area contributed by atoms with E-state index in [1.165, 1.54) is 16.9 Å². The number of aromatic nitrogens is 2. The highest BCUT2D eigenvalue weighted by molar-refractivity contribution is 7.89. The van der Waals surface area contributed by atoms with Crippen molar-refractivity contribution >= 4 is 42.6 Å². The summed E-state index contributed by atoms with van der Waals surface area (Å²) in [6.07, 6.45) is 4.46. The van der Waals surface area contributed by atoms with Crippen LogP contribution in [-0.2, 0) is 16.6 Å². The Morgan fingerprint density at radius 1 is 1.05 bits per heavy atom. The van der Waals surface area contributed by atoms with Crippen molar-refractivity contribution in [2.45, 2.75) is 45.6 Å². The Hall–Kier alpha value is -3.14. The van der Waals surface area contributed by atoms with E-state index in [0.29, 0.717) is 42.2 Å². The molecule has 9 heteroatoms. The van der Waals surface area contributed by atoms with Crippen molar-refractivity contribution in [3.8, 4) is 0 Å². The second kappa shape index (κ2) is 10.6. The minimum absolute atomic E-state index is 0.208. The van der Waals surface area contributed by atoms with E-state index in [1.54, 1.807) is 45.9 Å². The number of anilines is 1. The lowest BCUT2D eigenvalue weighted by atomic mass is 9.94. The van der Waals surface area contributed by atoms with Gasteiger partial charge in [-0.1, -0.05) is 31.3 Å². The summed E-state index contributed by atoms with van der Waals surface area (Å²) in [5.41, 5.74) is 4.45. The van der Waals surface area contributed by atoms with Gasteiger partial charge in [0, 0.05) is 31.0 Å². The zero-order chi connectivity index (χ0) is 27.0. The van der Waals surface area contributed by atoms with E-state index in [1.807, 2.05) is 25.1 Å².